The highest BCUT2D eigenvalue weighted by atomic mass is 35.5. The van der Waals surface area contributed by atoms with Gasteiger partial charge >= 0.3 is 5.97 Å². The molecule has 0 aromatic carbocycles. The topological polar surface area (TPSA) is 127 Å². The quantitative estimate of drug-likeness (QED) is 0.561. The van der Waals surface area contributed by atoms with E-state index in [-0.39, 0.29) is 31.3 Å². The average Bonchev–Trinajstić information content (AvgIpc) is 3.00. The molecule has 0 radical (unpaired) electrons. The minimum atomic E-state index is -1.18. The molecule has 3 N–H and O–H groups in total. The smallest absolute Gasteiger partial charge is 0.352 e. The van der Waals surface area contributed by atoms with Crippen molar-refractivity contribution in [2.45, 2.75) is 6.54 Å². The fourth-order valence-electron chi connectivity index (χ4n) is 2.49. The molecule has 0 atom stereocenters. The summed E-state index contributed by atoms with van der Waals surface area (Å²) in [6.45, 7) is -0.338. The molecule has 0 saturated carbocycles. The third kappa shape index (κ3) is 4.33. The lowest BCUT2D eigenvalue weighted by Gasteiger charge is -2.09. The number of halogens is 1. The van der Waals surface area contributed by atoms with Crippen LogP contribution in [0.1, 0.15) is 10.5 Å². The van der Waals surface area contributed by atoms with E-state index < -0.39 is 11.9 Å². The van der Waals surface area contributed by atoms with Crippen molar-refractivity contribution in [3.05, 3.63) is 47.4 Å². The predicted octanol–water partition coefficient (Wildman–Crippen LogP) is 1.79. The number of aliphatic hydroxyl groups is 1. The van der Waals surface area contributed by atoms with Gasteiger partial charge in [0.2, 0.25) is 11.8 Å². The van der Waals surface area contributed by atoms with Gasteiger partial charge in [-0.1, -0.05) is 11.6 Å². The van der Waals surface area contributed by atoms with E-state index in [1.165, 1.54) is 23.0 Å². The maximum absolute atomic E-state index is 12.3. The van der Waals surface area contributed by atoms with Gasteiger partial charge in [0.1, 0.15) is 24.7 Å². The number of pyridine rings is 2. The first-order valence-corrected chi connectivity index (χ1v) is 8.23. The number of amides is 1. The number of aromatic nitrogens is 3. The molecule has 10 heteroatoms. The Bertz CT molecular complexity index is 987. The van der Waals surface area contributed by atoms with Crippen LogP contribution in [0.3, 0.4) is 0 Å². The number of rotatable bonds is 7. The number of fused-ring (bicyclic) bond motifs is 1. The highest BCUT2D eigenvalue weighted by Gasteiger charge is 2.18. The molecule has 0 spiro atoms. The molecular formula is C17H15ClN4O5. The number of carbonyl (C=O) groups is 2. The molecule has 0 unspecified atom stereocenters. The van der Waals surface area contributed by atoms with E-state index in [4.69, 9.17) is 21.4 Å². The minimum absolute atomic E-state index is 0.0645. The van der Waals surface area contributed by atoms with Gasteiger partial charge in [-0.3, -0.25) is 4.79 Å². The monoisotopic (exact) mass is 390 g/mol. The van der Waals surface area contributed by atoms with Crippen LogP contribution in [0.5, 0.6) is 5.88 Å². The van der Waals surface area contributed by atoms with Crippen molar-refractivity contribution < 1.29 is 24.5 Å². The number of nitrogens with zero attached hydrogens (tertiary/aromatic N) is 3. The van der Waals surface area contributed by atoms with Gasteiger partial charge in [-0.2, -0.15) is 0 Å². The number of carbonyl (C=O) groups excluding carboxylic acids is 1. The van der Waals surface area contributed by atoms with Gasteiger partial charge in [-0.15, -0.1) is 0 Å². The normalized spacial score (nSPS) is 10.7. The van der Waals surface area contributed by atoms with Crippen LogP contribution in [-0.2, 0) is 11.3 Å². The molecular weight excluding hydrogens is 376 g/mol. The van der Waals surface area contributed by atoms with E-state index in [0.29, 0.717) is 21.7 Å². The van der Waals surface area contributed by atoms with Crippen molar-refractivity contribution in [3.8, 4) is 5.88 Å². The van der Waals surface area contributed by atoms with E-state index >= 15 is 0 Å². The van der Waals surface area contributed by atoms with Crippen LogP contribution in [0.25, 0.3) is 10.9 Å². The van der Waals surface area contributed by atoms with Gasteiger partial charge < -0.3 is 24.8 Å². The summed E-state index contributed by atoms with van der Waals surface area (Å²) in [5.41, 5.74) is 0.397. The summed E-state index contributed by atoms with van der Waals surface area (Å²) in [5, 5.41) is 21.8. The molecule has 0 saturated heterocycles. The number of aliphatic hydroxyl groups excluding tert-OH is 1. The van der Waals surface area contributed by atoms with Crippen LogP contribution >= 0.6 is 11.6 Å². The Labute approximate surface area is 158 Å². The van der Waals surface area contributed by atoms with Crippen molar-refractivity contribution in [1.29, 1.82) is 0 Å². The Kier molecular flexibility index (Phi) is 5.53. The zero-order valence-corrected chi connectivity index (χ0v) is 14.7. The largest absolute Gasteiger partial charge is 0.477 e. The van der Waals surface area contributed by atoms with E-state index in [1.807, 2.05) is 0 Å². The SMILES string of the molecule is O=C(Cn1c(C(=O)O)cc2cc(OCCO)ncc21)Nc1ccc(Cl)cn1. The molecule has 9 nitrogen and oxygen atoms in total. The second-order valence-electron chi connectivity index (χ2n) is 5.48. The van der Waals surface area contributed by atoms with E-state index in [0.717, 1.165) is 0 Å². The second kappa shape index (κ2) is 8.02. The van der Waals surface area contributed by atoms with Gasteiger partial charge in [0.05, 0.1) is 23.3 Å². The van der Waals surface area contributed by atoms with Crippen LogP contribution < -0.4 is 10.1 Å². The zero-order chi connectivity index (χ0) is 19.4. The number of anilines is 1. The standard InChI is InChI=1S/C17H15ClN4O5/c18-11-1-2-14(19-7-11)21-15(24)9-22-12(17(25)26)5-10-6-16(27-4-3-23)20-8-13(10)22/h1-2,5-8,23H,3-4,9H2,(H,25,26)(H,19,21,24). The first-order chi connectivity index (χ1) is 13.0. The van der Waals surface area contributed by atoms with E-state index in [1.54, 1.807) is 18.2 Å². The lowest BCUT2D eigenvalue weighted by molar-refractivity contribution is -0.116. The third-order valence-electron chi connectivity index (χ3n) is 3.62. The molecule has 0 aliphatic heterocycles. The summed E-state index contributed by atoms with van der Waals surface area (Å²) in [6, 6.07) is 6.10. The predicted molar refractivity (Wildman–Crippen MR) is 97.1 cm³/mol. The summed E-state index contributed by atoms with van der Waals surface area (Å²) >= 11 is 5.75. The number of nitrogens with one attached hydrogen (secondary N) is 1. The lowest BCUT2D eigenvalue weighted by Crippen LogP contribution is -2.21. The third-order valence-corrected chi connectivity index (χ3v) is 3.84. The highest BCUT2D eigenvalue weighted by Crippen LogP contribution is 2.23. The Morgan fingerprint density at radius 1 is 1.22 bits per heavy atom. The summed E-state index contributed by atoms with van der Waals surface area (Å²) in [5.74, 6) is -1.08. The Hall–Kier alpha value is -3.17. The Morgan fingerprint density at radius 3 is 2.70 bits per heavy atom. The number of hydrogen-bond acceptors (Lipinski definition) is 6. The molecule has 0 aliphatic carbocycles. The molecule has 3 aromatic rings. The van der Waals surface area contributed by atoms with Crippen LogP contribution in [0.2, 0.25) is 5.02 Å². The van der Waals surface area contributed by atoms with Gasteiger partial charge in [0.15, 0.2) is 0 Å². The first kappa shape index (κ1) is 18.6. The number of hydrogen-bond donors (Lipinski definition) is 3. The summed E-state index contributed by atoms with van der Waals surface area (Å²) in [6.07, 6.45) is 2.81. The van der Waals surface area contributed by atoms with E-state index in [9.17, 15) is 14.7 Å². The molecule has 3 aromatic heterocycles. The van der Waals surface area contributed by atoms with Crippen molar-refractivity contribution >= 4 is 40.2 Å². The average molecular weight is 391 g/mol. The van der Waals surface area contributed by atoms with Crippen molar-refractivity contribution in [2.75, 3.05) is 18.5 Å². The first-order valence-electron chi connectivity index (χ1n) is 7.85. The van der Waals surface area contributed by atoms with E-state index in [2.05, 4.69) is 15.3 Å². The second-order valence-corrected chi connectivity index (χ2v) is 5.92. The van der Waals surface area contributed by atoms with Gasteiger partial charge in [-0.25, -0.2) is 14.8 Å². The van der Waals surface area contributed by atoms with Crippen LogP contribution in [0, 0.1) is 0 Å². The fraction of sp³-hybridized carbons (Fsp3) is 0.176. The highest BCUT2D eigenvalue weighted by molar-refractivity contribution is 6.30. The number of carboxylic acids is 1. The van der Waals surface area contributed by atoms with Crippen molar-refractivity contribution in [3.63, 3.8) is 0 Å². The minimum Gasteiger partial charge on any atom is -0.477 e. The molecule has 27 heavy (non-hydrogen) atoms. The van der Waals surface area contributed by atoms with Crippen molar-refractivity contribution in [1.82, 2.24) is 14.5 Å². The number of aromatic carboxylic acids is 1. The maximum atomic E-state index is 12.3. The zero-order valence-electron chi connectivity index (χ0n) is 13.9. The molecule has 0 aliphatic rings. The molecule has 1 amide bonds. The Morgan fingerprint density at radius 2 is 2.04 bits per heavy atom. The van der Waals surface area contributed by atoms with Crippen molar-refractivity contribution in [2.24, 2.45) is 0 Å². The Balaban J connectivity index is 1.87. The fourth-order valence-corrected chi connectivity index (χ4v) is 2.60. The summed E-state index contributed by atoms with van der Waals surface area (Å²) in [4.78, 5) is 31.9. The van der Waals surface area contributed by atoms with Gasteiger partial charge in [0, 0.05) is 17.6 Å². The lowest BCUT2D eigenvalue weighted by atomic mass is 10.3. The molecule has 3 heterocycles. The molecule has 0 bridgehead atoms. The van der Waals surface area contributed by atoms with Gasteiger partial charge in [0.25, 0.3) is 0 Å². The summed E-state index contributed by atoms with van der Waals surface area (Å²) < 4.78 is 6.57. The van der Waals surface area contributed by atoms with Crippen LogP contribution in [0.15, 0.2) is 36.7 Å². The molecule has 3 rings (SSSR count). The maximum Gasteiger partial charge on any atom is 0.352 e. The van der Waals surface area contributed by atoms with Gasteiger partial charge in [-0.05, 0) is 18.2 Å². The van der Waals surface area contributed by atoms with Crippen LogP contribution in [0.4, 0.5) is 5.82 Å². The number of ether oxygens (including phenoxy) is 1. The molecule has 140 valence electrons. The summed E-state index contributed by atoms with van der Waals surface area (Å²) in [7, 11) is 0. The van der Waals surface area contributed by atoms with Crippen LogP contribution in [-0.4, -0.2) is 49.8 Å². The number of carboxylic acid groups (broad SMARTS) is 1. The molecule has 0 fully saturated rings.